The van der Waals surface area contributed by atoms with Crippen molar-refractivity contribution in [3.8, 4) is 0 Å². The summed E-state index contributed by atoms with van der Waals surface area (Å²) in [5, 5.41) is 5.78. The monoisotopic (exact) mass is 244 g/mol. The molecule has 1 atom stereocenters. The van der Waals surface area contributed by atoms with Gasteiger partial charge in [0.2, 0.25) is 11.8 Å². The average molecular weight is 244 g/mol. The average Bonchev–Trinajstić information content (AvgIpc) is 2.73. The second-order valence-electron chi connectivity index (χ2n) is 2.97. The number of hydrogen-bond acceptors (Lipinski definition) is 6. The summed E-state index contributed by atoms with van der Waals surface area (Å²) < 4.78 is 4.71. The third kappa shape index (κ3) is 3.23. The summed E-state index contributed by atoms with van der Waals surface area (Å²) in [6.07, 6.45) is 1.84. The quantitative estimate of drug-likeness (QED) is 0.724. The summed E-state index contributed by atoms with van der Waals surface area (Å²) in [5.74, 6) is -0.942. The summed E-state index contributed by atoms with van der Waals surface area (Å²) in [6.45, 7) is 1.87. The van der Waals surface area contributed by atoms with Crippen LogP contribution in [0.25, 0.3) is 0 Å². The molecule has 7 nitrogen and oxygen atoms in total. The highest BCUT2D eigenvalue weighted by Gasteiger charge is 2.14. The van der Waals surface area contributed by atoms with Gasteiger partial charge in [-0.1, -0.05) is 5.16 Å². The first-order valence-electron chi connectivity index (χ1n) is 4.47. The number of nitrogens with two attached hydrogens (primary N) is 1. The van der Waals surface area contributed by atoms with Crippen molar-refractivity contribution in [1.82, 2.24) is 15.5 Å². The molecule has 0 saturated carbocycles. The second-order valence-corrected chi connectivity index (χ2v) is 4.15. The lowest BCUT2D eigenvalue weighted by Gasteiger charge is -2.06. The van der Waals surface area contributed by atoms with Gasteiger partial charge < -0.3 is 15.6 Å². The van der Waals surface area contributed by atoms with Crippen LogP contribution in [0.1, 0.15) is 23.4 Å². The van der Waals surface area contributed by atoms with Crippen LogP contribution in [0.5, 0.6) is 0 Å². The highest BCUT2D eigenvalue weighted by Crippen LogP contribution is 2.05. The van der Waals surface area contributed by atoms with Gasteiger partial charge in [0.25, 0.3) is 11.7 Å². The van der Waals surface area contributed by atoms with E-state index in [0.29, 0.717) is 0 Å². The van der Waals surface area contributed by atoms with Crippen molar-refractivity contribution in [1.29, 1.82) is 0 Å². The normalized spacial score (nSPS) is 12.1. The lowest BCUT2D eigenvalue weighted by molar-refractivity contribution is -0.120. The second kappa shape index (κ2) is 5.50. The molecule has 1 heterocycles. The Morgan fingerprint density at radius 2 is 2.31 bits per heavy atom. The number of rotatable bonds is 5. The van der Waals surface area contributed by atoms with Gasteiger partial charge in [-0.15, -0.1) is 0 Å². The van der Waals surface area contributed by atoms with Crippen molar-refractivity contribution in [3.63, 3.8) is 0 Å². The smallest absolute Gasteiger partial charge is 0.290 e. The van der Waals surface area contributed by atoms with E-state index >= 15 is 0 Å². The van der Waals surface area contributed by atoms with Crippen LogP contribution < -0.4 is 11.1 Å². The zero-order chi connectivity index (χ0) is 12.1. The highest BCUT2D eigenvalue weighted by molar-refractivity contribution is 7.99. The Kier molecular flexibility index (Phi) is 4.29. The molecule has 0 fully saturated rings. The van der Waals surface area contributed by atoms with Crippen molar-refractivity contribution in [2.75, 3.05) is 6.26 Å². The number of hydrogen-bond donors (Lipinski definition) is 2. The van der Waals surface area contributed by atoms with Crippen molar-refractivity contribution in [2.45, 2.75) is 18.7 Å². The van der Waals surface area contributed by atoms with Gasteiger partial charge >= 0.3 is 0 Å². The van der Waals surface area contributed by atoms with Crippen LogP contribution in [0.2, 0.25) is 0 Å². The zero-order valence-electron chi connectivity index (χ0n) is 8.89. The van der Waals surface area contributed by atoms with Gasteiger partial charge in [-0.25, -0.2) is 0 Å². The fraction of sp³-hybridized carbons (Fsp3) is 0.500. The van der Waals surface area contributed by atoms with Gasteiger partial charge in [-0.3, -0.25) is 9.59 Å². The number of amides is 2. The number of primary amides is 1. The standard InChI is InChI=1S/C8H12N4O3S/c1-4(16-2)8(14)10-3-5-11-7(6(9)13)12-15-5/h4H,3H2,1-2H3,(H2,9,13)(H,10,14)/t4-/m0/s1. The number of nitrogens with zero attached hydrogens (tertiary/aromatic N) is 2. The summed E-state index contributed by atoms with van der Waals surface area (Å²) in [7, 11) is 0. The molecule has 1 aromatic heterocycles. The maximum absolute atomic E-state index is 11.4. The molecular weight excluding hydrogens is 232 g/mol. The Morgan fingerprint density at radius 3 is 2.81 bits per heavy atom. The number of carbonyl (C=O) groups excluding carboxylic acids is 2. The van der Waals surface area contributed by atoms with E-state index in [1.165, 1.54) is 11.8 Å². The molecule has 1 rings (SSSR count). The fourth-order valence-electron chi connectivity index (χ4n) is 0.840. The molecule has 0 radical (unpaired) electrons. The minimum atomic E-state index is -0.765. The molecule has 3 N–H and O–H groups in total. The molecule has 0 aromatic carbocycles. The molecule has 0 spiro atoms. The molecule has 2 amide bonds. The summed E-state index contributed by atoms with van der Waals surface area (Å²) in [6, 6.07) is 0. The van der Waals surface area contributed by atoms with Gasteiger partial charge in [-0.05, 0) is 13.2 Å². The largest absolute Gasteiger partial charge is 0.363 e. The predicted octanol–water partition coefficient (Wildman–Crippen LogP) is -0.464. The van der Waals surface area contributed by atoms with E-state index < -0.39 is 5.91 Å². The molecule has 0 aliphatic heterocycles. The zero-order valence-corrected chi connectivity index (χ0v) is 9.71. The highest BCUT2D eigenvalue weighted by atomic mass is 32.2. The molecule has 1 aromatic rings. The Balaban J connectivity index is 2.48. The summed E-state index contributed by atoms with van der Waals surface area (Å²) in [4.78, 5) is 25.7. The molecular formula is C8H12N4O3S. The van der Waals surface area contributed by atoms with Crippen molar-refractivity contribution < 1.29 is 14.1 Å². The lowest BCUT2D eigenvalue weighted by Crippen LogP contribution is -2.30. The first kappa shape index (κ1) is 12.5. The van der Waals surface area contributed by atoms with E-state index in [-0.39, 0.29) is 29.4 Å². The van der Waals surface area contributed by atoms with Gasteiger partial charge in [-0.2, -0.15) is 16.7 Å². The van der Waals surface area contributed by atoms with Crippen LogP contribution in [0, 0.1) is 0 Å². The number of thioether (sulfide) groups is 1. The topological polar surface area (TPSA) is 111 Å². The predicted molar refractivity (Wildman–Crippen MR) is 57.6 cm³/mol. The molecule has 16 heavy (non-hydrogen) atoms. The third-order valence-corrected chi connectivity index (χ3v) is 2.75. The van der Waals surface area contributed by atoms with Crippen LogP contribution in [0.4, 0.5) is 0 Å². The summed E-state index contributed by atoms with van der Waals surface area (Å²) in [5.41, 5.74) is 4.94. The van der Waals surface area contributed by atoms with E-state index in [9.17, 15) is 9.59 Å². The van der Waals surface area contributed by atoms with Crippen LogP contribution in [0.15, 0.2) is 4.52 Å². The van der Waals surface area contributed by atoms with E-state index in [0.717, 1.165) is 0 Å². The Morgan fingerprint density at radius 1 is 1.62 bits per heavy atom. The van der Waals surface area contributed by atoms with Crippen molar-refractivity contribution in [2.24, 2.45) is 5.73 Å². The fourth-order valence-corrected chi connectivity index (χ4v) is 1.14. The van der Waals surface area contributed by atoms with E-state index in [4.69, 9.17) is 10.3 Å². The molecule has 0 aliphatic carbocycles. The Bertz CT molecular complexity index is 392. The van der Waals surface area contributed by atoms with E-state index in [2.05, 4.69) is 15.5 Å². The molecule has 0 aliphatic rings. The third-order valence-electron chi connectivity index (χ3n) is 1.83. The summed E-state index contributed by atoms with van der Waals surface area (Å²) >= 11 is 1.43. The van der Waals surface area contributed by atoms with Crippen LogP contribution in [-0.2, 0) is 11.3 Å². The molecule has 0 saturated heterocycles. The minimum absolute atomic E-state index is 0.0873. The van der Waals surface area contributed by atoms with Gasteiger partial charge in [0.15, 0.2) is 0 Å². The number of aromatic nitrogens is 2. The molecule has 8 heteroatoms. The number of carbonyl (C=O) groups is 2. The first-order valence-corrected chi connectivity index (χ1v) is 5.76. The van der Waals surface area contributed by atoms with E-state index in [1.807, 2.05) is 6.26 Å². The SMILES string of the molecule is CS[C@@H](C)C(=O)NCc1nc(C(N)=O)no1. The van der Waals surface area contributed by atoms with Gasteiger partial charge in [0, 0.05) is 0 Å². The number of nitrogens with one attached hydrogen (secondary N) is 1. The Hall–Kier alpha value is -1.57. The molecule has 88 valence electrons. The van der Waals surface area contributed by atoms with Crippen molar-refractivity contribution in [3.05, 3.63) is 11.7 Å². The van der Waals surface area contributed by atoms with Crippen LogP contribution in [-0.4, -0.2) is 33.5 Å². The first-order chi connectivity index (χ1) is 7.54. The van der Waals surface area contributed by atoms with Crippen LogP contribution >= 0.6 is 11.8 Å². The molecule has 0 bridgehead atoms. The van der Waals surface area contributed by atoms with Gasteiger partial charge in [0.1, 0.15) is 0 Å². The minimum Gasteiger partial charge on any atom is -0.363 e. The lowest BCUT2D eigenvalue weighted by atomic mass is 10.4. The molecule has 0 unspecified atom stereocenters. The van der Waals surface area contributed by atoms with E-state index in [1.54, 1.807) is 6.92 Å². The van der Waals surface area contributed by atoms with Gasteiger partial charge in [0.05, 0.1) is 11.8 Å². The van der Waals surface area contributed by atoms with Crippen molar-refractivity contribution >= 4 is 23.6 Å². The Labute approximate surface area is 96.1 Å². The maximum Gasteiger partial charge on any atom is 0.290 e. The maximum atomic E-state index is 11.4. The van der Waals surface area contributed by atoms with Crippen LogP contribution in [0.3, 0.4) is 0 Å².